The van der Waals surface area contributed by atoms with Gasteiger partial charge in [0.05, 0.1) is 0 Å². The van der Waals surface area contributed by atoms with E-state index in [1.807, 2.05) is 4.90 Å². The van der Waals surface area contributed by atoms with Crippen LogP contribution in [0.1, 0.15) is 53.4 Å². The second-order valence-corrected chi connectivity index (χ2v) is 6.53. The van der Waals surface area contributed by atoms with Gasteiger partial charge >= 0.3 is 6.03 Å². The normalized spacial score (nSPS) is 16.6. The summed E-state index contributed by atoms with van der Waals surface area (Å²) in [5.74, 6) is 1.77. The third-order valence-corrected chi connectivity index (χ3v) is 3.47. The monoisotopic (exact) mass is 254 g/mol. The van der Waals surface area contributed by atoms with Crippen molar-refractivity contribution >= 4 is 6.03 Å². The van der Waals surface area contributed by atoms with Crippen LogP contribution in [-0.4, -0.2) is 30.6 Å². The molecule has 0 bridgehead atoms. The van der Waals surface area contributed by atoms with E-state index < -0.39 is 0 Å². The molecule has 1 aliphatic carbocycles. The van der Waals surface area contributed by atoms with Gasteiger partial charge in [0.25, 0.3) is 0 Å². The third-order valence-electron chi connectivity index (χ3n) is 3.47. The van der Waals surface area contributed by atoms with Gasteiger partial charge in [-0.1, -0.05) is 40.5 Å². The highest BCUT2D eigenvalue weighted by Gasteiger charge is 2.19. The minimum absolute atomic E-state index is 0.129. The first kappa shape index (κ1) is 15.3. The summed E-state index contributed by atoms with van der Waals surface area (Å²) in [4.78, 5) is 14.2. The summed E-state index contributed by atoms with van der Waals surface area (Å²) >= 11 is 0. The van der Waals surface area contributed by atoms with Gasteiger partial charge in [0.1, 0.15) is 0 Å². The lowest BCUT2D eigenvalue weighted by Gasteiger charge is -2.27. The molecule has 1 N–H and O–H groups in total. The van der Waals surface area contributed by atoms with E-state index in [0.29, 0.717) is 17.8 Å². The van der Waals surface area contributed by atoms with E-state index in [9.17, 15) is 4.79 Å². The van der Waals surface area contributed by atoms with Crippen molar-refractivity contribution in [1.29, 1.82) is 0 Å². The lowest BCUT2D eigenvalue weighted by atomic mass is 10.1. The topological polar surface area (TPSA) is 32.3 Å². The van der Waals surface area contributed by atoms with Crippen LogP contribution < -0.4 is 5.32 Å². The molecular formula is C15H30N2O. The molecule has 1 fully saturated rings. The first-order valence-corrected chi connectivity index (χ1v) is 7.51. The third kappa shape index (κ3) is 5.74. The van der Waals surface area contributed by atoms with E-state index >= 15 is 0 Å². The Kier molecular flexibility index (Phi) is 6.51. The fraction of sp³-hybridized carbons (Fsp3) is 0.933. The quantitative estimate of drug-likeness (QED) is 0.773. The van der Waals surface area contributed by atoms with E-state index in [2.05, 4.69) is 33.0 Å². The number of hydrogen-bond donors (Lipinski definition) is 1. The molecule has 0 aromatic heterocycles. The van der Waals surface area contributed by atoms with Gasteiger partial charge in [0.15, 0.2) is 0 Å². The van der Waals surface area contributed by atoms with Gasteiger partial charge in [-0.3, -0.25) is 0 Å². The number of urea groups is 1. The van der Waals surface area contributed by atoms with E-state index in [0.717, 1.165) is 19.6 Å². The maximum absolute atomic E-state index is 12.2. The van der Waals surface area contributed by atoms with E-state index in [4.69, 9.17) is 0 Å². The number of carbonyl (C=O) groups excluding carboxylic acids is 1. The number of nitrogens with one attached hydrogen (secondary N) is 1. The van der Waals surface area contributed by atoms with Crippen molar-refractivity contribution in [2.45, 2.75) is 53.4 Å². The van der Waals surface area contributed by atoms with Gasteiger partial charge in [0.2, 0.25) is 0 Å². The van der Waals surface area contributed by atoms with Gasteiger partial charge in [-0.2, -0.15) is 0 Å². The molecule has 0 aliphatic heterocycles. The Balaban J connectivity index is 2.36. The minimum atomic E-state index is 0.129. The molecule has 1 rings (SSSR count). The van der Waals surface area contributed by atoms with Crippen LogP contribution in [0.3, 0.4) is 0 Å². The lowest BCUT2D eigenvalue weighted by molar-refractivity contribution is 0.181. The molecule has 18 heavy (non-hydrogen) atoms. The Hall–Kier alpha value is -0.730. The highest BCUT2D eigenvalue weighted by Crippen LogP contribution is 2.23. The van der Waals surface area contributed by atoms with Crippen molar-refractivity contribution < 1.29 is 4.79 Å². The highest BCUT2D eigenvalue weighted by molar-refractivity contribution is 5.74. The van der Waals surface area contributed by atoms with E-state index in [1.54, 1.807) is 0 Å². The molecule has 0 aromatic carbocycles. The van der Waals surface area contributed by atoms with Gasteiger partial charge in [-0.25, -0.2) is 4.79 Å². The molecule has 0 aromatic rings. The number of amides is 2. The number of nitrogens with zero attached hydrogens (tertiary/aromatic N) is 1. The highest BCUT2D eigenvalue weighted by atomic mass is 16.2. The molecule has 0 spiro atoms. The summed E-state index contributed by atoms with van der Waals surface area (Å²) in [7, 11) is 0. The number of rotatable bonds is 6. The van der Waals surface area contributed by atoms with Crippen molar-refractivity contribution in [3.05, 3.63) is 0 Å². The van der Waals surface area contributed by atoms with Gasteiger partial charge in [0, 0.05) is 19.6 Å². The van der Waals surface area contributed by atoms with Gasteiger partial charge in [-0.15, -0.1) is 0 Å². The van der Waals surface area contributed by atoms with Crippen LogP contribution in [-0.2, 0) is 0 Å². The van der Waals surface area contributed by atoms with Crippen LogP contribution in [0.15, 0.2) is 0 Å². The summed E-state index contributed by atoms with van der Waals surface area (Å²) < 4.78 is 0. The summed E-state index contributed by atoms with van der Waals surface area (Å²) in [6.45, 7) is 11.2. The number of hydrogen-bond acceptors (Lipinski definition) is 1. The summed E-state index contributed by atoms with van der Waals surface area (Å²) in [5, 5.41) is 3.12. The fourth-order valence-corrected chi connectivity index (χ4v) is 2.68. The van der Waals surface area contributed by atoms with Crippen LogP contribution in [0.5, 0.6) is 0 Å². The van der Waals surface area contributed by atoms with Crippen molar-refractivity contribution in [2.24, 2.45) is 17.8 Å². The molecule has 0 unspecified atom stereocenters. The first-order chi connectivity index (χ1) is 8.49. The molecule has 0 atom stereocenters. The van der Waals surface area contributed by atoms with E-state index in [-0.39, 0.29) is 6.03 Å². The van der Waals surface area contributed by atoms with Crippen LogP contribution in [0.25, 0.3) is 0 Å². The van der Waals surface area contributed by atoms with Crippen LogP contribution in [0, 0.1) is 17.8 Å². The second kappa shape index (κ2) is 7.65. The molecule has 0 heterocycles. The largest absolute Gasteiger partial charge is 0.338 e. The van der Waals surface area contributed by atoms with Crippen molar-refractivity contribution in [1.82, 2.24) is 10.2 Å². The summed E-state index contributed by atoms with van der Waals surface area (Å²) in [5.41, 5.74) is 0. The maximum Gasteiger partial charge on any atom is 0.317 e. The predicted molar refractivity (Wildman–Crippen MR) is 76.6 cm³/mol. The molecule has 1 saturated carbocycles. The molecule has 2 amide bonds. The van der Waals surface area contributed by atoms with Crippen LogP contribution in [0.4, 0.5) is 4.79 Å². The number of carbonyl (C=O) groups is 1. The SMILES string of the molecule is CC(C)CN(CC(C)C)C(=O)NCC1CCCC1. The predicted octanol–water partition coefficient (Wildman–Crippen LogP) is 3.50. The molecule has 0 radical (unpaired) electrons. The average Bonchev–Trinajstić information content (AvgIpc) is 2.76. The summed E-state index contributed by atoms with van der Waals surface area (Å²) in [6, 6.07) is 0.129. The summed E-state index contributed by atoms with van der Waals surface area (Å²) in [6.07, 6.45) is 5.24. The Morgan fingerprint density at radius 3 is 2.06 bits per heavy atom. The smallest absolute Gasteiger partial charge is 0.317 e. The maximum atomic E-state index is 12.2. The van der Waals surface area contributed by atoms with Crippen LogP contribution in [0.2, 0.25) is 0 Å². The Labute approximate surface area is 112 Å². The molecule has 1 aliphatic rings. The lowest BCUT2D eigenvalue weighted by Crippen LogP contribution is -2.44. The zero-order chi connectivity index (χ0) is 13.5. The fourth-order valence-electron chi connectivity index (χ4n) is 2.68. The molecular weight excluding hydrogens is 224 g/mol. The van der Waals surface area contributed by atoms with Crippen molar-refractivity contribution in [3.63, 3.8) is 0 Å². The molecule has 0 saturated heterocycles. The minimum Gasteiger partial charge on any atom is -0.338 e. The standard InChI is InChI=1S/C15H30N2O/c1-12(2)10-17(11-13(3)4)15(18)16-9-14-7-5-6-8-14/h12-14H,5-11H2,1-4H3,(H,16,18). The Morgan fingerprint density at radius 1 is 1.11 bits per heavy atom. The van der Waals surface area contributed by atoms with E-state index in [1.165, 1.54) is 25.7 Å². The molecule has 3 heteroatoms. The second-order valence-electron chi connectivity index (χ2n) is 6.53. The van der Waals surface area contributed by atoms with Crippen molar-refractivity contribution in [3.8, 4) is 0 Å². The van der Waals surface area contributed by atoms with Crippen LogP contribution >= 0.6 is 0 Å². The molecule has 106 valence electrons. The Bertz CT molecular complexity index is 235. The molecule has 3 nitrogen and oxygen atoms in total. The van der Waals surface area contributed by atoms with Gasteiger partial charge in [-0.05, 0) is 30.6 Å². The average molecular weight is 254 g/mol. The first-order valence-electron chi connectivity index (χ1n) is 7.51. The zero-order valence-corrected chi connectivity index (χ0v) is 12.5. The zero-order valence-electron chi connectivity index (χ0n) is 12.5. The Morgan fingerprint density at radius 2 is 1.61 bits per heavy atom. The van der Waals surface area contributed by atoms with Gasteiger partial charge < -0.3 is 10.2 Å². The van der Waals surface area contributed by atoms with Crippen molar-refractivity contribution in [2.75, 3.05) is 19.6 Å².